The van der Waals surface area contributed by atoms with Crippen molar-refractivity contribution in [3.05, 3.63) is 164 Å². The second kappa shape index (κ2) is 9.97. The molecular weight excluding hydrogens is 575 g/mol. The van der Waals surface area contributed by atoms with Gasteiger partial charge in [0.05, 0.1) is 11.0 Å². The maximum Gasteiger partial charge on any atom is 0.0547 e. The number of nitrogens with zero attached hydrogens (tertiary/aromatic N) is 1. The van der Waals surface area contributed by atoms with Crippen LogP contribution in [0.2, 0.25) is 0 Å². The Bertz CT molecular complexity index is 2660. The summed E-state index contributed by atoms with van der Waals surface area (Å²) in [4.78, 5) is 2.66. The van der Waals surface area contributed by atoms with Gasteiger partial charge in [0.25, 0.3) is 0 Å². The zero-order valence-corrected chi connectivity index (χ0v) is 25.8. The van der Waals surface area contributed by atoms with Gasteiger partial charge in [0.2, 0.25) is 0 Å². The average Bonchev–Trinajstić information content (AvgIpc) is 3.44. The van der Waals surface area contributed by atoms with Gasteiger partial charge in [0, 0.05) is 31.6 Å². The molecule has 9 aromatic rings. The molecule has 0 amide bonds. The molecule has 0 spiro atoms. The highest BCUT2D eigenvalue weighted by Gasteiger charge is 2.20. The summed E-state index contributed by atoms with van der Waals surface area (Å²) in [7, 11) is 0. The average molecular weight is 602 g/mol. The van der Waals surface area contributed by atoms with Crippen LogP contribution in [0, 0.1) is 0 Å². The Hall–Kier alpha value is -5.57. The third-order valence-corrected chi connectivity index (χ3v) is 10.7. The first-order chi connectivity index (χ1) is 22.8. The lowest BCUT2D eigenvalue weighted by Gasteiger charge is -2.21. The normalized spacial score (nSPS) is 12.3. The van der Waals surface area contributed by atoms with E-state index in [0.29, 0.717) is 0 Å². The Labute approximate surface area is 271 Å². The first-order valence-corrected chi connectivity index (χ1v) is 16.6. The first-order valence-electron chi connectivity index (χ1n) is 15.8. The van der Waals surface area contributed by atoms with E-state index in [1.54, 1.807) is 0 Å². The summed E-state index contributed by atoms with van der Waals surface area (Å²) in [6.45, 7) is 0. The molecule has 0 atom stereocenters. The molecule has 8 aromatic carbocycles. The molecular formula is C44H27NS. The number of aromatic nitrogens is 1. The van der Waals surface area contributed by atoms with Crippen LogP contribution in [0.25, 0.3) is 82.4 Å². The van der Waals surface area contributed by atoms with Crippen LogP contribution in [0.1, 0.15) is 0 Å². The molecule has 0 bridgehead atoms. The molecule has 0 unspecified atom stereocenters. The molecule has 10 rings (SSSR count). The van der Waals surface area contributed by atoms with E-state index in [1.807, 2.05) is 11.8 Å². The quantitative estimate of drug-likeness (QED) is 0.195. The minimum absolute atomic E-state index is 1.18. The molecule has 1 aliphatic heterocycles. The van der Waals surface area contributed by atoms with Gasteiger partial charge in [0.1, 0.15) is 0 Å². The Kier molecular flexibility index (Phi) is 5.58. The molecule has 0 radical (unpaired) electrons. The van der Waals surface area contributed by atoms with Gasteiger partial charge in [-0.25, -0.2) is 0 Å². The van der Waals surface area contributed by atoms with Crippen LogP contribution in [-0.2, 0) is 0 Å². The van der Waals surface area contributed by atoms with Crippen molar-refractivity contribution in [1.29, 1.82) is 0 Å². The minimum Gasteiger partial charge on any atom is -0.309 e. The van der Waals surface area contributed by atoms with Crippen LogP contribution in [0.15, 0.2) is 174 Å². The molecule has 46 heavy (non-hydrogen) atoms. The van der Waals surface area contributed by atoms with Crippen molar-refractivity contribution < 1.29 is 0 Å². The summed E-state index contributed by atoms with van der Waals surface area (Å²) in [6.07, 6.45) is 0. The molecule has 1 aliphatic rings. The molecule has 2 heterocycles. The topological polar surface area (TPSA) is 4.93 Å². The fraction of sp³-hybridized carbons (Fsp3) is 0. The van der Waals surface area contributed by atoms with Crippen LogP contribution in [-0.4, -0.2) is 4.57 Å². The van der Waals surface area contributed by atoms with Crippen LogP contribution in [0.5, 0.6) is 0 Å². The summed E-state index contributed by atoms with van der Waals surface area (Å²) < 4.78 is 2.39. The van der Waals surface area contributed by atoms with E-state index in [4.69, 9.17) is 0 Å². The fourth-order valence-electron chi connectivity index (χ4n) is 7.45. The van der Waals surface area contributed by atoms with E-state index >= 15 is 0 Å². The lowest BCUT2D eigenvalue weighted by molar-refractivity contribution is 1.18. The van der Waals surface area contributed by atoms with E-state index in [2.05, 4.69) is 168 Å². The lowest BCUT2D eigenvalue weighted by Crippen LogP contribution is -1.94. The number of hydrogen-bond acceptors (Lipinski definition) is 1. The fourth-order valence-corrected chi connectivity index (χ4v) is 8.58. The van der Waals surface area contributed by atoms with Gasteiger partial charge in [-0.3, -0.25) is 0 Å². The zero-order chi connectivity index (χ0) is 30.2. The molecule has 0 fully saturated rings. The summed E-state index contributed by atoms with van der Waals surface area (Å²) >= 11 is 1.88. The van der Waals surface area contributed by atoms with E-state index < -0.39 is 0 Å². The predicted molar refractivity (Wildman–Crippen MR) is 196 cm³/mol. The molecule has 1 nitrogen and oxygen atoms in total. The largest absolute Gasteiger partial charge is 0.309 e. The van der Waals surface area contributed by atoms with Crippen molar-refractivity contribution >= 4 is 55.1 Å². The van der Waals surface area contributed by atoms with Crippen LogP contribution < -0.4 is 0 Å². The first kappa shape index (κ1) is 25.7. The van der Waals surface area contributed by atoms with Crippen LogP contribution in [0.3, 0.4) is 0 Å². The van der Waals surface area contributed by atoms with E-state index in [-0.39, 0.29) is 0 Å². The van der Waals surface area contributed by atoms with Crippen LogP contribution in [0.4, 0.5) is 0 Å². The molecule has 0 saturated carbocycles. The molecule has 0 N–H and O–H groups in total. The minimum atomic E-state index is 1.18. The van der Waals surface area contributed by atoms with Gasteiger partial charge >= 0.3 is 0 Å². The second-order valence-corrected chi connectivity index (χ2v) is 13.2. The third-order valence-electron chi connectivity index (χ3n) is 9.55. The number of benzene rings is 8. The zero-order valence-electron chi connectivity index (χ0n) is 24.9. The Morgan fingerprint density at radius 1 is 0.370 bits per heavy atom. The third kappa shape index (κ3) is 3.84. The summed E-state index contributed by atoms with van der Waals surface area (Å²) in [6, 6.07) is 60.2. The second-order valence-electron chi connectivity index (χ2n) is 12.1. The highest BCUT2D eigenvalue weighted by Crippen LogP contribution is 2.49. The van der Waals surface area contributed by atoms with Crippen LogP contribution >= 0.6 is 11.8 Å². The summed E-state index contributed by atoms with van der Waals surface area (Å²) in [5, 5.41) is 7.73. The maximum absolute atomic E-state index is 2.39. The van der Waals surface area contributed by atoms with Gasteiger partial charge in [0.15, 0.2) is 0 Å². The Balaban J connectivity index is 1.12. The molecule has 2 heteroatoms. The summed E-state index contributed by atoms with van der Waals surface area (Å²) in [5.74, 6) is 0. The molecule has 0 aliphatic carbocycles. The van der Waals surface area contributed by atoms with E-state index in [1.165, 1.54) is 92.2 Å². The van der Waals surface area contributed by atoms with Gasteiger partial charge in [-0.05, 0) is 104 Å². The highest BCUT2D eigenvalue weighted by molar-refractivity contribution is 7.99. The van der Waals surface area contributed by atoms with E-state index in [9.17, 15) is 0 Å². The molecule has 1 aromatic heterocycles. The monoisotopic (exact) mass is 601 g/mol. The maximum atomic E-state index is 2.39. The van der Waals surface area contributed by atoms with E-state index in [0.717, 1.165) is 0 Å². The summed E-state index contributed by atoms with van der Waals surface area (Å²) in [5.41, 5.74) is 11.3. The number of fused-ring (bicyclic) bond motifs is 6. The number of para-hydroxylation sites is 2. The van der Waals surface area contributed by atoms with Crippen molar-refractivity contribution in [2.45, 2.75) is 9.79 Å². The predicted octanol–water partition coefficient (Wildman–Crippen LogP) is 12.6. The Morgan fingerprint density at radius 3 is 2.09 bits per heavy atom. The van der Waals surface area contributed by atoms with Crippen molar-refractivity contribution in [3.63, 3.8) is 0 Å². The Morgan fingerprint density at radius 2 is 1.13 bits per heavy atom. The van der Waals surface area contributed by atoms with Gasteiger partial charge in [-0.2, -0.15) is 0 Å². The van der Waals surface area contributed by atoms with Gasteiger partial charge < -0.3 is 4.57 Å². The number of hydrogen-bond donors (Lipinski definition) is 0. The van der Waals surface area contributed by atoms with Crippen molar-refractivity contribution in [1.82, 2.24) is 4.57 Å². The van der Waals surface area contributed by atoms with Crippen molar-refractivity contribution in [2.75, 3.05) is 0 Å². The SMILES string of the molecule is c1ccc(-n2c3ccccc3c3cc4ccc(-c5cccc(-c6ccc7c8c(cccc68)-c6ccccc6S7)c5)cc4cc32)cc1. The van der Waals surface area contributed by atoms with Gasteiger partial charge in [-0.15, -0.1) is 0 Å². The number of rotatable bonds is 3. The highest BCUT2D eigenvalue weighted by atomic mass is 32.2. The van der Waals surface area contributed by atoms with Gasteiger partial charge in [-0.1, -0.05) is 121 Å². The van der Waals surface area contributed by atoms with Crippen molar-refractivity contribution in [2.24, 2.45) is 0 Å². The lowest BCUT2D eigenvalue weighted by atomic mass is 9.91. The molecule has 214 valence electrons. The molecule has 0 saturated heterocycles. The standard InChI is InChI=1S/C44H27NS/c1-2-12-33(13-3-1)45-40-18-6-4-14-35(40)39-26-30-21-20-29(25-32(30)27-41(39)45)28-10-8-11-31(24-28)34-22-23-43-44-37(34)16-9-17-38(44)36-15-5-7-19-42(36)46-43/h1-27H. The van der Waals surface area contributed by atoms with Crippen molar-refractivity contribution in [3.8, 4) is 39.1 Å². The smallest absolute Gasteiger partial charge is 0.0547 e.